The summed E-state index contributed by atoms with van der Waals surface area (Å²) in [7, 11) is 0. The Kier molecular flexibility index (Phi) is 3.09. The predicted molar refractivity (Wildman–Crippen MR) is 69.9 cm³/mol. The fourth-order valence-electron chi connectivity index (χ4n) is 1.88. The molecule has 0 aromatic carbocycles. The largest absolute Gasteiger partial charge is 0.369 e. The molecule has 2 aromatic heterocycles. The number of hydrogen-bond acceptors (Lipinski definition) is 6. The second-order valence-corrected chi connectivity index (χ2v) is 5.65. The first-order chi connectivity index (χ1) is 8.33. The van der Waals surface area contributed by atoms with Gasteiger partial charge in [-0.3, -0.25) is 0 Å². The molecule has 0 saturated carbocycles. The molecule has 1 saturated heterocycles. The number of ether oxygens (including phenoxy) is 1. The Labute approximate surface area is 108 Å². The third kappa shape index (κ3) is 2.34. The Morgan fingerprint density at radius 1 is 1.53 bits per heavy atom. The van der Waals surface area contributed by atoms with E-state index in [-0.39, 0.29) is 6.10 Å². The molecule has 1 unspecified atom stereocenters. The van der Waals surface area contributed by atoms with Crippen molar-refractivity contribution in [2.75, 3.05) is 24.6 Å². The predicted octanol–water partition coefficient (Wildman–Crippen LogP) is 2.49. The number of hydrogen-bond donors (Lipinski definition) is 0. The van der Waals surface area contributed by atoms with Crippen molar-refractivity contribution in [3.05, 3.63) is 28.2 Å². The quantitative estimate of drug-likeness (QED) is 0.838. The number of nitrogens with zero attached hydrogens (tertiary/aromatic N) is 3. The zero-order valence-electron chi connectivity index (χ0n) is 9.50. The van der Waals surface area contributed by atoms with Crippen LogP contribution in [0, 0.1) is 6.92 Å². The van der Waals surface area contributed by atoms with Crippen LogP contribution in [0.5, 0.6) is 0 Å². The zero-order chi connectivity index (χ0) is 11.7. The van der Waals surface area contributed by atoms with E-state index in [1.54, 1.807) is 11.3 Å². The molecular weight excluding hydrogens is 254 g/mol. The highest BCUT2D eigenvalue weighted by Gasteiger charge is 2.24. The summed E-state index contributed by atoms with van der Waals surface area (Å²) in [6, 6.07) is 4.20. The van der Waals surface area contributed by atoms with Crippen molar-refractivity contribution in [2.24, 2.45) is 0 Å². The summed E-state index contributed by atoms with van der Waals surface area (Å²) in [5, 5.41) is 3.10. The molecule has 6 heteroatoms. The standard InChI is InChI=1S/C11H13N3OS2/c1-8-12-11(17-13-8)14-4-5-15-9(7-14)10-3-2-6-16-10/h2-3,6,9H,4-5,7H2,1H3. The monoisotopic (exact) mass is 267 g/mol. The lowest BCUT2D eigenvalue weighted by atomic mass is 10.2. The van der Waals surface area contributed by atoms with Gasteiger partial charge in [0.05, 0.1) is 13.2 Å². The number of morpholine rings is 1. The Hall–Kier alpha value is -0.980. The normalized spacial score (nSPS) is 20.8. The minimum atomic E-state index is 0.174. The highest BCUT2D eigenvalue weighted by atomic mass is 32.1. The van der Waals surface area contributed by atoms with Crippen molar-refractivity contribution >= 4 is 28.0 Å². The molecular formula is C11H13N3OS2. The highest BCUT2D eigenvalue weighted by molar-refractivity contribution is 7.10. The molecule has 90 valence electrons. The lowest BCUT2D eigenvalue weighted by Crippen LogP contribution is -2.38. The van der Waals surface area contributed by atoms with E-state index >= 15 is 0 Å². The van der Waals surface area contributed by atoms with E-state index in [1.165, 1.54) is 16.4 Å². The van der Waals surface area contributed by atoms with Crippen LogP contribution in [0.15, 0.2) is 17.5 Å². The van der Waals surface area contributed by atoms with Gasteiger partial charge in [0, 0.05) is 23.0 Å². The van der Waals surface area contributed by atoms with Crippen molar-refractivity contribution < 1.29 is 4.74 Å². The average molecular weight is 267 g/mol. The van der Waals surface area contributed by atoms with Crippen LogP contribution >= 0.6 is 22.9 Å². The van der Waals surface area contributed by atoms with Crippen molar-refractivity contribution in [3.63, 3.8) is 0 Å². The first-order valence-corrected chi connectivity index (χ1v) is 7.18. The summed E-state index contributed by atoms with van der Waals surface area (Å²) in [6.45, 7) is 4.45. The topological polar surface area (TPSA) is 38.2 Å². The molecule has 3 heterocycles. The maximum atomic E-state index is 5.81. The maximum absolute atomic E-state index is 5.81. The van der Waals surface area contributed by atoms with Gasteiger partial charge in [-0.2, -0.15) is 4.37 Å². The van der Waals surface area contributed by atoms with Gasteiger partial charge in [-0.15, -0.1) is 11.3 Å². The fourth-order valence-corrected chi connectivity index (χ4v) is 3.36. The Morgan fingerprint density at radius 3 is 3.18 bits per heavy atom. The van der Waals surface area contributed by atoms with Gasteiger partial charge in [-0.25, -0.2) is 4.98 Å². The summed E-state index contributed by atoms with van der Waals surface area (Å²) >= 11 is 3.22. The molecule has 1 fully saturated rings. The molecule has 0 spiro atoms. The minimum absolute atomic E-state index is 0.174. The highest BCUT2D eigenvalue weighted by Crippen LogP contribution is 2.29. The van der Waals surface area contributed by atoms with E-state index < -0.39 is 0 Å². The zero-order valence-corrected chi connectivity index (χ0v) is 11.1. The molecule has 0 aliphatic carbocycles. The summed E-state index contributed by atoms with van der Waals surface area (Å²) in [6.07, 6.45) is 0.174. The lowest BCUT2D eigenvalue weighted by molar-refractivity contribution is 0.0421. The lowest BCUT2D eigenvalue weighted by Gasteiger charge is -2.31. The molecule has 0 radical (unpaired) electrons. The molecule has 2 aromatic rings. The van der Waals surface area contributed by atoms with Crippen LogP contribution in [-0.4, -0.2) is 29.1 Å². The van der Waals surface area contributed by atoms with Crippen LogP contribution in [0.25, 0.3) is 0 Å². The van der Waals surface area contributed by atoms with Gasteiger partial charge in [0.1, 0.15) is 11.9 Å². The van der Waals surface area contributed by atoms with Crippen molar-refractivity contribution in [2.45, 2.75) is 13.0 Å². The number of rotatable bonds is 2. The molecule has 1 aliphatic rings. The molecule has 0 bridgehead atoms. The fraction of sp³-hybridized carbons (Fsp3) is 0.455. The van der Waals surface area contributed by atoms with Crippen LogP contribution in [0.4, 0.5) is 5.13 Å². The van der Waals surface area contributed by atoms with Gasteiger partial charge in [0.25, 0.3) is 0 Å². The van der Waals surface area contributed by atoms with Gasteiger partial charge < -0.3 is 9.64 Å². The molecule has 4 nitrogen and oxygen atoms in total. The second-order valence-electron chi connectivity index (χ2n) is 3.95. The molecule has 1 aliphatic heterocycles. The van der Waals surface area contributed by atoms with E-state index in [1.807, 2.05) is 6.92 Å². The molecule has 0 N–H and O–H groups in total. The van der Waals surface area contributed by atoms with Gasteiger partial charge in [-0.05, 0) is 18.4 Å². The maximum Gasteiger partial charge on any atom is 0.205 e. The third-order valence-corrected chi connectivity index (χ3v) is 4.55. The average Bonchev–Trinajstić information content (AvgIpc) is 3.00. The van der Waals surface area contributed by atoms with Gasteiger partial charge >= 0.3 is 0 Å². The molecule has 0 amide bonds. The van der Waals surface area contributed by atoms with Crippen molar-refractivity contribution in [1.82, 2.24) is 9.36 Å². The van der Waals surface area contributed by atoms with Gasteiger partial charge in [-0.1, -0.05) is 6.07 Å². The first-order valence-electron chi connectivity index (χ1n) is 5.53. The van der Waals surface area contributed by atoms with Crippen LogP contribution in [0.1, 0.15) is 16.8 Å². The van der Waals surface area contributed by atoms with Gasteiger partial charge in [0.15, 0.2) is 0 Å². The number of aryl methyl sites for hydroxylation is 1. The summed E-state index contributed by atoms with van der Waals surface area (Å²) in [5.41, 5.74) is 0. The minimum Gasteiger partial charge on any atom is -0.369 e. The van der Waals surface area contributed by atoms with Crippen LogP contribution < -0.4 is 4.90 Å². The number of anilines is 1. The third-order valence-electron chi connectivity index (χ3n) is 2.71. The SMILES string of the molecule is Cc1nsc(N2CCOC(c3cccs3)C2)n1. The Morgan fingerprint density at radius 2 is 2.47 bits per heavy atom. The van der Waals surface area contributed by atoms with E-state index in [9.17, 15) is 0 Å². The van der Waals surface area contributed by atoms with Crippen molar-refractivity contribution in [3.8, 4) is 0 Å². The van der Waals surface area contributed by atoms with E-state index in [2.05, 4.69) is 31.8 Å². The van der Waals surface area contributed by atoms with E-state index in [4.69, 9.17) is 4.74 Å². The van der Waals surface area contributed by atoms with Crippen LogP contribution in [-0.2, 0) is 4.74 Å². The second kappa shape index (κ2) is 4.72. The van der Waals surface area contributed by atoms with E-state index in [0.717, 1.165) is 30.7 Å². The van der Waals surface area contributed by atoms with Gasteiger partial charge in [0.2, 0.25) is 5.13 Å². The van der Waals surface area contributed by atoms with E-state index in [0.29, 0.717) is 0 Å². The summed E-state index contributed by atoms with van der Waals surface area (Å²) in [4.78, 5) is 7.98. The van der Waals surface area contributed by atoms with Crippen LogP contribution in [0.3, 0.4) is 0 Å². The number of aromatic nitrogens is 2. The Balaban J connectivity index is 1.76. The van der Waals surface area contributed by atoms with Crippen molar-refractivity contribution in [1.29, 1.82) is 0 Å². The smallest absolute Gasteiger partial charge is 0.205 e. The number of thiophene rings is 1. The molecule has 1 atom stereocenters. The van der Waals surface area contributed by atoms with Crippen LogP contribution in [0.2, 0.25) is 0 Å². The molecule has 17 heavy (non-hydrogen) atoms. The molecule has 3 rings (SSSR count). The Bertz CT molecular complexity index is 483. The summed E-state index contributed by atoms with van der Waals surface area (Å²) in [5.74, 6) is 0.851. The first kappa shape index (κ1) is 11.1. The summed E-state index contributed by atoms with van der Waals surface area (Å²) < 4.78 is 10.0.